The number of halogens is 3. The van der Waals surface area contributed by atoms with Crippen molar-refractivity contribution in [1.29, 1.82) is 0 Å². The number of hydrogen-bond donors (Lipinski definition) is 3. The van der Waals surface area contributed by atoms with E-state index in [1.165, 1.54) is 4.68 Å². The minimum absolute atomic E-state index is 0.0332. The third-order valence-corrected chi connectivity index (χ3v) is 5.95. The zero-order chi connectivity index (χ0) is 29.9. The zero-order valence-electron chi connectivity index (χ0n) is 22.6. The number of amides is 3. The molecule has 0 spiro atoms. The number of hydrogen-bond acceptors (Lipinski definition) is 7. The third-order valence-electron chi connectivity index (χ3n) is 5.95. The molecule has 0 fully saturated rings. The summed E-state index contributed by atoms with van der Waals surface area (Å²) < 4.78 is 45.5. The summed E-state index contributed by atoms with van der Waals surface area (Å²) in [6.07, 6.45) is -4.47. The van der Waals surface area contributed by atoms with E-state index < -0.39 is 29.6 Å². The van der Waals surface area contributed by atoms with Crippen LogP contribution in [0.1, 0.15) is 43.3 Å². The van der Waals surface area contributed by atoms with Gasteiger partial charge < -0.3 is 20.7 Å². The number of aromatic nitrogens is 4. The normalized spacial score (nSPS) is 12.4. The van der Waals surface area contributed by atoms with Gasteiger partial charge in [-0.15, -0.1) is 5.10 Å². The van der Waals surface area contributed by atoms with Crippen LogP contribution in [0.4, 0.5) is 13.2 Å². The van der Waals surface area contributed by atoms with Crippen LogP contribution in [-0.4, -0.2) is 62.8 Å². The van der Waals surface area contributed by atoms with Crippen molar-refractivity contribution in [2.75, 3.05) is 13.2 Å². The van der Waals surface area contributed by atoms with E-state index in [1.807, 2.05) is 60.7 Å². The fourth-order valence-corrected chi connectivity index (χ4v) is 3.71. The summed E-state index contributed by atoms with van der Waals surface area (Å²) in [7, 11) is 0. The highest BCUT2D eigenvalue weighted by atomic mass is 19.4. The van der Waals surface area contributed by atoms with Crippen LogP contribution >= 0.6 is 0 Å². The molecular formula is C27H32F3N7O4. The number of alkyl halides is 3. The number of carbonyl (C=O) groups is 3. The zero-order valence-corrected chi connectivity index (χ0v) is 22.6. The Balaban J connectivity index is 1.65. The predicted molar refractivity (Wildman–Crippen MR) is 141 cm³/mol. The van der Waals surface area contributed by atoms with E-state index in [1.54, 1.807) is 5.32 Å². The van der Waals surface area contributed by atoms with Crippen molar-refractivity contribution in [3.8, 4) is 0 Å². The van der Waals surface area contributed by atoms with E-state index in [2.05, 4.69) is 26.2 Å². The van der Waals surface area contributed by atoms with Crippen molar-refractivity contribution in [3.63, 3.8) is 0 Å². The van der Waals surface area contributed by atoms with Crippen molar-refractivity contribution in [1.82, 2.24) is 36.2 Å². The van der Waals surface area contributed by atoms with Gasteiger partial charge in [0.2, 0.25) is 11.8 Å². The molecule has 0 bridgehead atoms. The Labute approximate surface area is 234 Å². The molecule has 0 saturated carbocycles. The van der Waals surface area contributed by atoms with Crippen LogP contribution in [0.25, 0.3) is 0 Å². The molecule has 0 saturated heterocycles. The summed E-state index contributed by atoms with van der Waals surface area (Å²) in [4.78, 5) is 36.9. The average Bonchev–Trinajstić information content (AvgIpc) is 3.40. The first kappa shape index (κ1) is 31.2. The van der Waals surface area contributed by atoms with Crippen molar-refractivity contribution in [2.24, 2.45) is 0 Å². The number of aryl methyl sites for hydroxylation is 1. The van der Waals surface area contributed by atoms with Gasteiger partial charge in [0.15, 0.2) is 5.82 Å². The van der Waals surface area contributed by atoms with Gasteiger partial charge in [-0.3, -0.25) is 14.4 Å². The highest BCUT2D eigenvalue weighted by Gasteiger charge is 2.43. The molecule has 0 aliphatic rings. The Morgan fingerprint density at radius 3 is 2.22 bits per heavy atom. The number of nitrogens with zero attached hydrogens (tertiary/aromatic N) is 4. The summed E-state index contributed by atoms with van der Waals surface area (Å²) >= 11 is 0. The monoisotopic (exact) mass is 575 g/mol. The van der Waals surface area contributed by atoms with Crippen molar-refractivity contribution in [2.45, 2.75) is 57.6 Å². The van der Waals surface area contributed by atoms with Gasteiger partial charge in [-0.05, 0) is 41.8 Å². The topological polar surface area (TPSA) is 140 Å². The van der Waals surface area contributed by atoms with E-state index in [0.29, 0.717) is 13.0 Å². The van der Waals surface area contributed by atoms with E-state index in [9.17, 15) is 27.6 Å². The van der Waals surface area contributed by atoms with Gasteiger partial charge >= 0.3 is 12.1 Å². The van der Waals surface area contributed by atoms with Gasteiger partial charge in [-0.25, -0.2) is 4.68 Å². The number of ether oxygens (including phenoxy) is 1. The molecule has 14 heteroatoms. The number of benzene rings is 2. The maximum absolute atomic E-state index is 13.0. The molecule has 3 rings (SSSR count). The molecule has 1 aromatic heterocycles. The minimum atomic E-state index is -5.17. The molecular weight excluding hydrogens is 543 g/mol. The van der Waals surface area contributed by atoms with Gasteiger partial charge in [0.25, 0.3) is 0 Å². The standard InChI is InChI=1S/C27H32F3N7O4/c1-26(2,33-25(40)27(28,29)30)24(39)32-21(18-41-17-20-11-7-4-8-12-20)23-34-35-36-37(23)16-14-22(38)31-15-13-19-9-5-3-6-10-19/h3-12,21H,13-18H2,1-2H3,(H,31,38)(H,32,39)(H,33,40)/t21-/m1/s1. The van der Waals surface area contributed by atoms with Gasteiger partial charge in [-0.2, -0.15) is 13.2 Å². The molecule has 3 N–H and O–H groups in total. The first-order valence-corrected chi connectivity index (χ1v) is 12.8. The van der Waals surface area contributed by atoms with E-state index in [-0.39, 0.29) is 37.9 Å². The summed E-state index contributed by atoms with van der Waals surface area (Å²) in [5, 5.41) is 18.6. The molecule has 1 atom stereocenters. The molecule has 41 heavy (non-hydrogen) atoms. The van der Waals surface area contributed by atoms with Crippen molar-refractivity contribution in [3.05, 3.63) is 77.6 Å². The van der Waals surface area contributed by atoms with Crippen LogP contribution in [0.2, 0.25) is 0 Å². The molecule has 0 radical (unpaired) electrons. The van der Waals surface area contributed by atoms with Crippen LogP contribution in [-0.2, 0) is 38.7 Å². The van der Waals surface area contributed by atoms with Gasteiger partial charge in [0, 0.05) is 13.0 Å². The van der Waals surface area contributed by atoms with E-state index in [0.717, 1.165) is 25.0 Å². The Kier molecular flexibility index (Phi) is 10.9. The second-order valence-corrected chi connectivity index (χ2v) is 9.70. The van der Waals surface area contributed by atoms with Gasteiger partial charge in [0.1, 0.15) is 11.6 Å². The molecule has 0 unspecified atom stereocenters. The summed E-state index contributed by atoms with van der Waals surface area (Å²) in [5.74, 6) is -3.28. The highest BCUT2D eigenvalue weighted by Crippen LogP contribution is 2.18. The third kappa shape index (κ3) is 9.98. The lowest BCUT2D eigenvalue weighted by atomic mass is 10.0. The molecule has 3 aromatic rings. The quantitative estimate of drug-likeness (QED) is 0.268. The van der Waals surface area contributed by atoms with Gasteiger partial charge in [0.05, 0.1) is 19.8 Å². The highest BCUT2D eigenvalue weighted by molar-refractivity contribution is 5.92. The first-order chi connectivity index (χ1) is 19.5. The van der Waals surface area contributed by atoms with E-state index >= 15 is 0 Å². The Morgan fingerprint density at radius 2 is 1.59 bits per heavy atom. The molecule has 11 nitrogen and oxygen atoms in total. The summed E-state index contributed by atoms with van der Waals surface area (Å²) in [5.41, 5.74) is 0.00222. The van der Waals surface area contributed by atoms with E-state index in [4.69, 9.17) is 4.74 Å². The Bertz CT molecular complexity index is 1280. The SMILES string of the molecule is CC(C)(NC(=O)C(F)(F)F)C(=O)N[C@H](COCc1ccccc1)c1nnnn1CCC(=O)NCCc1ccccc1. The second-order valence-electron chi connectivity index (χ2n) is 9.70. The molecule has 0 aliphatic carbocycles. The van der Waals surface area contributed by atoms with Crippen LogP contribution in [0, 0.1) is 0 Å². The van der Waals surface area contributed by atoms with Crippen molar-refractivity contribution >= 4 is 17.7 Å². The fraction of sp³-hybridized carbons (Fsp3) is 0.407. The number of nitrogens with one attached hydrogen (secondary N) is 3. The van der Waals surface area contributed by atoms with Crippen LogP contribution in [0.15, 0.2) is 60.7 Å². The van der Waals surface area contributed by atoms with Crippen molar-refractivity contribution < 1.29 is 32.3 Å². The Hall–Kier alpha value is -4.33. The lowest BCUT2D eigenvalue weighted by molar-refractivity contribution is -0.176. The van der Waals surface area contributed by atoms with Crippen LogP contribution in [0.3, 0.4) is 0 Å². The smallest absolute Gasteiger partial charge is 0.374 e. The van der Waals surface area contributed by atoms with Gasteiger partial charge in [-0.1, -0.05) is 60.7 Å². The first-order valence-electron chi connectivity index (χ1n) is 12.8. The maximum atomic E-state index is 13.0. The molecule has 3 amide bonds. The second kappa shape index (κ2) is 14.3. The van der Waals surface area contributed by atoms with Crippen LogP contribution < -0.4 is 16.0 Å². The molecule has 220 valence electrons. The number of carbonyl (C=O) groups excluding carboxylic acids is 3. The average molecular weight is 576 g/mol. The summed E-state index contributed by atoms with van der Waals surface area (Å²) in [6, 6.07) is 17.8. The molecule has 2 aromatic carbocycles. The predicted octanol–water partition coefficient (Wildman–Crippen LogP) is 2.25. The lowest BCUT2D eigenvalue weighted by Crippen LogP contribution is -2.58. The minimum Gasteiger partial charge on any atom is -0.374 e. The fourth-order valence-electron chi connectivity index (χ4n) is 3.71. The maximum Gasteiger partial charge on any atom is 0.471 e. The number of rotatable bonds is 14. The molecule has 1 heterocycles. The van der Waals surface area contributed by atoms with Crippen LogP contribution in [0.5, 0.6) is 0 Å². The summed E-state index contributed by atoms with van der Waals surface area (Å²) in [6.45, 7) is 2.81. The molecule has 0 aliphatic heterocycles. The number of tetrazole rings is 1. The lowest BCUT2D eigenvalue weighted by Gasteiger charge is -2.28. The Morgan fingerprint density at radius 1 is 0.951 bits per heavy atom. The largest absolute Gasteiger partial charge is 0.471 e.